The minimum absolute atomic E-state index is 0.913. The molecule has 1 aromatic carbocycles. The zero-order valence-electron chi connectivity index (χ0n) is 7.22. The standard InChI is InChI=1S/C10H15N/c1-3-4-9-6-5-8(2)10(11)7-9/h5-7H,3-4,11H2,1-2H3. The number of aryl methyl sites for hydroxylation is 2. The van der Waals surface area contributed by atoms with Crippen LogP contribution in [0.3, 0.4) is 0 Å². The number of anilines is 1. The molecular weight excluding hydrogens is 134 g/mol. The van der Waals surface area contributed by atoms with Crippen LogP contribution in [-0.2, 0) is 6.42 Å². The van der Waals surface area contributed by atoms with E-state index in [0.29, 0.717) is 0 Å². The molecule has 1 heteroatoms. The fourth-order valence-electron chi connectivity index (χ4n) is 1.13. The Labute approximate surface area is 68.2 Å². The number of hydrogen-bond donors (Lipinski definition) is 1. The molecule has 1 nitrogen and oxygen atoms in total. The van der Waals surface area contributed by atoms with Crippen LogP contribution in [-0.4, -0.2) is 0 Å². The van der Waals surface area contributed by atoms with Crippen LogP contribution in [0.2, 0.25) is 0 Å². The summed E-state index contributed by atoms with van der Waals surface area (Å²) in [5, 5.41) is 0. The van der Waals surface area contributed by atoms with Gasteiger partial charge in [-0.1, -0.05) is 25.5 Å². The van der Waals surface area contributed by atoms with Crippen molar-refractivity contribution >= 4 is 5.69 Å². The second kappa shape index (κ2) is 3.42. The third-order valence-corrected chi connectivity index (χ3v) is 1.88. The lowest BCUT2D eigenvalue weighted by Gasteiger charge is -2.02. The summed E-state index contributed by atoms with van der Waals surface area (Å²) >= 11 is 0. The molecule has 0 saturated carbocycles. The molecule has 60 valence electrons. The molecule has 0 aromatic heterocycles. The van der Waals surface area contributed by atoms with Crippen LogP contribution >= 0.6 is 0 Å². The van der Waals surface area contributed by atoms with Gasteiger partial charge >= 0.3 is 0 Å². The second-order valence-corrected chi connectivity index (χ2v) is 2.94. The Kier molecular flexibility index (Phi) is 2.53. The molecule has 0 aliphatic carbocycles. The molecule has 1 rings (SSSR count). The number of hydrogen-bond acceptors (Lipinski definition) is 1. The van der Waals surface area contributed by atoms with Crippen LogP contribution in [0.25, 0.3) is 0 Å². The first kappa shape index (κ1) is 8.12. The van der Waals surface area contributed by atoms with E-state index < -0.39 is 0 Å². The second-order valence-electron chi connectivity index (χ2n) is 2.94. The molecule has 0 spiro atoms. The van der Waals surface area contributed by atoms with E-state index in [1.807, 2.05) is 6.92 Å². The number of benzene rings is 1. The molecule has 0 aliphatic heterocycles. The minimum atomic E-state index is 0.913. The first-order valence-electron chi connectivity index (χ1n) is 4.09. The van der Waals surface area contributed by atoms with Gasteiger partial charge in [-0.25, -0.2) is 0 Å². The van der Waals surface area contributed by atoms with Gasteiger partial charge in [0.15, 0.2) is 0 Å². The van der Waals surface area contributed by atoms with Crippen molar-refractivity contribution < 1.29 is 0 Å². The van der Waals surface area contributed by atoms with Crippen molar-refractivity contribution in [2.75, 3.05) is 5.73 Å². The van der Waals surface area contributed by atoms with E-state index in [4.69, 9.17) is 5.73 Å². The lowest BCUT2D eigenvalue weighted by Crippen LogP contribution is -1.91. The molecule has 0 aliphatic rings. The Morgan fingerprint density at radius 3 is 2.64 bits per heavy atom. The van der Waals surface area contributed by atoms with E-state index in [2.05, 4.69) is 25.1 Å². The summed E-state index contributed by atoms with van der Waals surface area (Å²) in [6.07, 6.45) is 2.31. The van der Waals surface area contributed by atoms with Crippen molar-refractivity contribution in [2.45, 2.75) is 26.7 Å². The van der Waals surface area contributed by atoms with Gasteiger partial charge in [-0.2, -0.15) is 0 Å². The maximum Gasteiger partial charge on any atom is 0.0346 e. The van der Waals surface area contributed by atoms with E-state index in [9.17, 15) is 0 Å². The van der Waals surface area contributed by atoms with Crippen LogP contribution in [0.4, 0.5) is 5.69 Å². The van der Waals surface area contributed by atoms with Crippen LogP contribution in [0.15, 0.2) is 18.2 Å². The quantitative estimate of drug-likeness (QED) is 0.642. The lowest BCUT2D eigenvalue weighted by atomic mass is 10.1. The molecule has 0 heterocycles. The summed E-state index contributed by atoms with van der Waals surface area (Å²) in [5.74, 6) is 0. The Balaban J connectivity index is 2.86. The summed E-state index contributed by atoms with van der Waals surface area (Å²) in [6.45, 7) is 4.21. The van der Waals surface area contributed by atoms with Crippen LogP contribution < -0.4 is 5.73 Å². The van der Waals surface area contributed by atoms with Gasteiger partial charge in [0, 0.05) is 5.69 Å². The molecule has 0 fully saturated rings. The average Bonchev–Trinajstić information content (AvgIpc) is 1.98. The molecule has 0 unspecified atom stereocenters. The monoisotopic (exact) mass is 149 g/mol. The minimum Gasteiger partial charge on any atom is -0.399 e. The number of nitrogen functional groups attached to an aromatic ring is 1. The van der Waals surface area contributed by atoms with E-state index in [0.717, 1.165) is 12.1 Å². The molecule has 0 bridgehead atoms. The highest BCUT2D eigenvalue weighted by molar-refractivity contribution is 5.48. The molecule has 2 N–H and O–H groups in total. The summed E-state index contributed by atoms with van der Waals surface area (Å²) in [6, 6.07) is 6.30. The highest BCUT2D eigenvalue weighted by atomic mass is 14.5. The molecule has 0 saturated heterocycles. The van der Waals surface area contributed by atoms with Crippen LogP contribution in [0.1, 0.15) is 24.5 Å². The Hall–Kier alpha value is -0.980. The maximum absolute atomic E-state index is 5.75. The van der Waals surface area contributed by atoms with Crippen molar-refractivity contribution in [1.29, 1.82) is 0 Å². The molecular formula is C10H15N. The van der Waals surface area contributed by atoms with Gasteiger partial charge in [0.1, 0.15) is 0 Å². The zero-order valence-corrected chi connectivity index (χ0v) is 7.22. The van der Waals surface area contributed by atoms with E-state index in [1.54, 1.807) is 0 Å². The fourth-order valence-corrected chi connectivity index (χ4v) is 1.13. The van der Waals surface area contributed by atoms with Gasteiger partial charge in [0.2, 0.25) is 0 Å². The summed E-state index contributed by atoms with van der Waals surface area (Å²) in [7, 11) is 0. The van der Waals surface area contributed by atoms with E-state index in [-0.39, 0.29) is 0 Å². The Morgan fingerprint density at radius 2 is 2.09 bits per heavy atom. The number of nitrogens with two attached hydrogens (primary N) is 1. The van der Waals surface area contributed by atoms with Crippen LogP contribution in [0.5, 0.6) is 0 Å². The van der Waals surface area contributed by atoms with E-state index in [1.165, 1.54) is 17.5 Å². The maximum atomic E-state index is 5.75. The highest BCUT2D eigenvalue weighted by Gasteiger charge is 1.94. The molecule has 0 amide bonds. The Bertz CT molecular complexity index is 241. The Morgan fingerprint density at radius 1 is 1.36 bits per heavy atom. The SMILES string of the molecule is CCCc1ccc(C)c(N)c1. The van der Waals surface area contributed by atoms with Crippen molar-refractivity contribution in [2.24, 2.45) is 0 Å². The predicted octanol–water partition coefficient (Wildman–Crippen LogP) is 2.53. The van der Waals surface area contributed by atoms with Gasteiger partial charge in [0.05, 0.1) is 0 Å². The molecule has 11 heavy (non-hydrogen) atoms. The predicted molar refractivity (Wildman–Crippen MR) is 49.6 cm³/mol. The zero-order chi connectivity index (χ0) is 8.27. The fraction of sp³-hybridized carbons (Fsp3) is 0.400. The third kappa shape index (κ3) is 1.97. The molecule has 0 atom stereocenters. The first-order chi connectivity index (χ1) is 5.24. The van der Waals surface area contributed by atoms with Crippen molar-refractivity contribution in [3.8, 4) is 0 Å². The average molecular weight is 149 g/mol. The van der Waals surface area contributed by atoms with Gasteiger partial charge in [-0.15, -0.1) is 0 Å². The normalized spacial score (nSPS) is 10.0. The summed E-state index contributed by atoms with van der Waals surface area (Å²) < 4.78 is 0. The topological polar surface area (TPSA) is 26.0 Å². The summed E-state index contributed by atoms with van der Waals surface area (Å²) in [4.78, 5) is 0. The van der Waals surface area contributed by atoms with E-state index >= 15 is 0 Å². The molecule has 0 radical (unpaired) electrons. The molecule has 1 aromatic rings. The van der Waals surface area contributed by atoms with Crippen molar-refractivity contribution in [3.63, 3.8) is 0 Å². The van der Waals surface area contributed by atoms with Gasteiger partial charge in [0.25, 0.3) is 0 Å². The van der Waals surface area contributed by atoms with Crippen molar-refractivity contribution in [3.05, 3.63) is 29.3 Å². The van der Waals surface area contributed by atoms with Crippen molar-refractivity contribution in [1.82, 2.24) is 0 Å². The third-order valence-electron chi connectivity index (χ3n) is 1.88. The largest absolute Gasteiger partial charge is 0.399 e. The lowest BCUT2D eigenvalue weighted by molar-refractivity contribution is 0.922. The highest BCUT2D eigenvalue weighted by Crippen LogP contribution is 2.13. The van der Waals surface area contributed by atoms with Gasteiger partial charge in [-0.05, 0) is 30.5 Å². The number of rotatable bonds is 2. The van der Waals surface area contributed by atoms with Gasteiger partial charge in [-0.3, -0.25) is 0 Å². The van der Waals surface area contributed by atoms with Crippen LogP contribution in [0, 0.1) is 6.92 Å². The summed E-state index contributed by atoms with van der Waals surface area (Å²) in [5.41, 5.74) is 9.18. The van der Waals surface area contributed by atoms with Gasteiger partial charge < -0.3 is 5.73 Å². The smallest absolute Gasteiger partial charge is 0.0346 e. The first-order valence-corrected chi connectivity index (χ1v) is 4.09.